The van der Waals surface area contributed by atoms with Gasteiger partial charge < -0.3 is 9.30 Å². The van der Waals surface area contributed by atoms with Crippen LogP contribution in [-0.4, -0.2) is 9.55 Å². The number of aromatic nitrogens is 2. The Labute approximate surface area is 201 Å². The molecule has 3 nitrogen and oxygen atoms in total. The summed E-state index contributed by atoms with van der Waals surface area (Å²) < 4.78 is 22.8. The summed E-state index contributed by atoms with van der Waals surface area (Å²) in [5, 5.41) is 1.01. The van der Waals surface area contributed by atoms with Crippen LogP contribution in [0.4, 0.5) is 4.39 Å². The summed E-state index contributed by atoms with van der Waals surface area (Å²) in [6.07, 6.45) is 0. The van der Waals surface area contributed by atoms with Gasteiger partial charge in [0, 0.05) is 22.7 Å². The molecule has 0 unspecified atom stereocenters. The molecule has 33 heavy (non-hydrogen) atoms. The average Bonchev–Trinajstić information content (AvgIpc) is 3.17. The van der Waals surface area contributed by atoms with Gasteiger partial charge in [-0.1, -0.05) is 65.7 Å². The minimum absolute atomic E-state index is 0.341. The SMILES string of the molecule is Fc1cc(Cl)ccc1-c1nc2cc(OCc3ccccc3)ccc2n1Cc1ccc(Cl)cc1. The lowest BCUT2D eigenvalue weighted by atomic mass is 10.1. The molecular weight excluding hydrogens is 458 g/mol. The molecule has 0 saturated heterocycles. The van der Waals surface area contributed by atoms with Crippen LogP contribution in [0, 0.1) is 5.82 Å². The quantitative estimate of drug-likeness (QED) is 0.250. The van der Waals surface area contributed by atoms with Gasteiger partial charge in [0.1, 0.15) is 24.0 Å². The Hall–Kier alpha value is -3.34. The van der Waals surface area contributed by atoms with Crippen molar-refractivity contribution in [3.05, 3.63) is 118 Å². The zero-order chi connectivity index (χ0) is 22.8. The molecular formula is C27H19Cl2FN2O. The van der Waals surface area contributed by atoms with E-state index in [0.717, 1.165) is 22.2 Å². The topological polar surface area (TPSA) is 27.1 Å². The van der Waals surface area contributed by atoms with E-state index in [9.17, 15) is 4.39 Å². The van der Waals surface area contributed by atoms with Crippen molar-refractivity contribution in [3.8, 4) is 17.1 Å². The number of fused-ring (bicyclic) bond motifs is 1. The van der Waals surface area contributed by atoms with Crippen LogP contribution in [0.15, 0.2) is 91.0 Å². The van der Waals surface area contributed by atoms with Crippen molar-refractivity contribution in [3.63, 3.8) is 0 Å². The number of hydrogen-bond donors (Lipinski definition) is 0. The van der Waals surface area contributed by atoms with Crippen LogP contribution in [0.1, 0.15) is 11.1 Å². The first-order valence-electron chi connectivity index (χ1n) is 10.4. The van der Waals surface area contributed by atoms with Crippen LogP contribution in [0.2, 0.25) is 10.0 Å². The van der Waals surface area contributed by atoms with Gasteiger partial charge in [-0.05, 0) is 53.6 Å². The van der Waals surface area contributed by atoms with E-state index in [2.05, 4.69) is 0 Å². The molecule has 5 rings (SSSR count). The molecule has 5 aromatic rings. The molecule has 0 N–H and O–H groups in total. The molecule has 1 aromatic heterocycles. The molecule has 0 amide bonds. The summed E-state index contributed by atoms with van der Waals surface area (Å²) in [6.45, 7) is 0.964. The Morgan fingerprint density at radius 2 is 1.55 bits per heavy atom. The predicted molar refractivity (Wildman–Crippen MR) is 131 cm³/mol. The van der Waals surface area contributed by atoms with Gasteiger partial charge in [-0.3, -0.25) is 0 Å². The lowest BCUT2D eigenvalue weighted by molar-refractivity contribution is 0.306. The van der Waals surface area contributed by atoms with Gasteiger partial charge in [0.25, 0.3) is 0 Å². The van der Waals surface area contributed by atoms with Crippen LogP contribution in [0.3, 0.4) is 0 Å². The predicted octanol–water partition coefficient (Wildman–Crippen LogP) is 7.78. The highest BCUT2D eigenvalue weighted by atomic mass is 35.5. The van der Waals surface area contributed by atoms with Crippen LogP contribution in [0.5, 0.6) is 5.75 Å². The number of rotatable bonds is 6. The highest BCUT2D eigenvalue weighted by molar-refractivity contribution is 6.30. The van der Waals surface area contributed by atoms with Gasteiger partial charge in [0.2, 0.25) is 0 Å². The molecule has 0 bridgehead atoms. The van der Waals surface area contributed by atoms with Crippen molar-refractivity contribution >= 4 is 34.2 Å². The van der Waals surface area contributed by atoms with Gasteiger partial charge in [-0.25, -0.2) is 9.37 Å². The van der Waals surface area contributed by atoms with Crippen LogP contribution in [-0.2, 0) is 13.2 Å². The van der Waals surface area contributed by atoms with Gasteiger partial charge in [-0.15, -0.1) is 0 Å². The van der Waals surface area contributed by atoms with E-state index in [-0.39, 0.29) is 0 Å². The zero-order valence-electron chi connectivity index (χ0n) is 17.5. The number of imidazole rings is 1. The molecule has 1 heterocycles. The van der Waals surface area contributed by atoms with E-state index in [1.807, 2.05) is 77.4 Å². The van der Waals surface area contributed by atoms with Crippen molar-refractivity contribution in [1.82, 2.24) is 9.55 Å². The summed E-state index contributed by atoms with van der Waals surface area (Å²) in [5.74, 6) is 0.802. The van der Waals surface area contributed by atoms with Crippen molar-refractivity contribution in [1.29, 1.82) is 0 Å². The molecule has 0 aliphatic rings. The number of hydrogen-bond acceptors (Lipinski definition) is 2. The number of halogens is 3. The highest BCUT2D eigenvalue weighted by Gasteiger charge is 2.17. The maximum absolute atomic E-state index is 14.8. The zero-order valence-corrected chi connectivity index (χ0v) is 19.0. The molecule has 0 aliphatic heterocycles. The molecule has 0 radical (unpaired) electrons. The first-order valence-corrected chi connectivity index (χ1v) is 11.2. The van der Waals surface area contributed by atoms with E-state index in [4.69, 9.17) is 32.9 Å². The molecule has 0 aliphatic carbocycles. The summed E-state index contributed by atoms with van der Waals surface area (Å²) >= 11 is 12.0. The third-order valence-electron chi connectivity index (χ3n) is 5.39. The molecule has 0 atom stereocenters. The monoisotopic (exact) mass is 476 g/mol. The van der Waals surface area contributed by atoms with E-state index in [0.29, 0.717) is 40.3 Å². The highest BCUT2D eigenvalue weighted by Crippen LogP contribution is 2.31. The Bertz CT molecular complexity index is 1420. The molecule has 0 spiro atoms. The first-order chi connectivity index (χ1) is 16.1. The molecule has 0 saturated carbocycles. The summed E-state index contributed by atoms with van der Waals surface area (Å²) in [6, 6.07) is 27.9. The maximum Gasteiger partial charge on any atom is 0.144 e. The van der Waals surface area contributed by atoms with Crippen molar-refractivity contribution in [2.75, 3.05) is 0 Å². The Balaban J connectivity index is 1.56. The second-order valence-electron chi connectivity index (χ2n) is 7.70. The van der Waals surface area contributed by atoms with Crippen molar-refractivity contribution in [2.24, 2.45) is 0 Å². The third-order valence-corrected chi connectivity index (χ3v) is 5.88. The Morgan fingerprint density at radius 1 is 0.788 bits per heavy atom. The smallest absolute Gasteiger partial charge is 0.144 e. The van der Waals surface area contributed by atoms with Crippen molar-refractivity contribution in [2.45, 2.75) is 13.2 Å². The maximum atomic E-state index is 14.8. The fraction of sp³-hybridized carbons (Fsp3) is 0.0741. The molecule has 6 heteroatoms. The van der Waals surface area contributed by atoms with E-state index < -0.39 is 5.82 Å². The second-order valence-corrected chi connectivity index (χ2v) is 8.57. The number of ether oxygens (including phenoxy) is 1. The number of nitrogens with zero attached hydrogens (tertiary/aromatic N) is 2. The van der Waals surface area contributed by atoms with Gasteiger partial charge in [-0.2, -0.15) is 0 Å². The summed E-state index contributed by atoms with van der Waals surface area (Å²) in [7, 11) is 0. The second kappa shape index (κ2) is 9.26. The fourth-order valence-electron chi connectivity index (χ4n) is 3.75. The third kappa shape index (κ3) is 4.72. The van der Waals surface area contributed by atoms with Gasteiger partial charge >= 0.3 is 0 Å². The standard InChI is InChI=1S/C27H19Cl2FN2O/c28-20-8-6-18(7-9-20)16-32-26-13-11-22(33-17-19-4-2-1-3-5-19)15-25(26)31-27(32)23-12-10-21(29)14-24(23)30/h1-15H,16-17H2. The number of benzene rings is 4. The summed E-state index contributed by atoms with van der Waals surface area (Å²) in [4.78, 5) is 4.78. The van der Waals surface area contributed by atoms with Crippen LogP contribution < -0.4 is 4.74 Å². The van der Waals surface area contributed by atoms with Gasteiger partial charge in [0.05, 0.1) is 16.6 Å². The molecule has 4 aromatic carbocycles. The molecule has 164 valence electrons. The Morgan fingerprint density at radius 3 is 2.30 bits per heavy atom. The molecule has 0 fully saturated rings. The Kier molecular flexibility index (Phi) is 6.03. The average molecular weight is 477 g/mol. The van der Waals surface area contributed by atoms with Crippen LogP contribution >= 0.6 is 23.2 Å². The first kappa shape index (κ1) is 21.5. The lowest BCUT2D eigenvalue weighted by Gasteiger charge is -2.11. The summed E-state index contributed by atoms with van der Waals surface area (Å²) in [5.41, 5.74) is 4.09. The minimum Gasteiger partial charge on any atom is -0.489 e. The van der Waals surface area contributed by atoms with Gasteiger partial charge in [0.15, 0.2) is 0 Å². The fourth-order valence-corrected chi connectivity index (χ4v) is 4.03. The lowest BCUT2D eigenvalue weighted by Crippen LogP contribution is -2.03. The van der Waals surface area contributed by atoms with Crippen molar-refractivity contribution < 1.29 is 9.13 Å². The largest absolute Gasteiger partial charge is 0.489 e. The van der Waals surface area contributed by atoms with E-state index in [1.165, 1.54) is 6.07 Å². The van der Waals surface area contributed by atoms with Crippen LogP contribution in [0.25, 0.3) is 22.4 Å². The minimum atomic E-state index is -0.421. The van der Waals surface area contributed by atoms with E-state index >= 15 is 0 Å². The normalized spacial score (nSPS) is 11.1. The van der Waals surface area contributed by atoms with E-state index in [1.54, 1.807) is 12.1 Å².